The van der Waals surface area contributed by atoms with E-state index in [0.29, 0.717) is 16.6 Å². The van der Waals surface area contributed by atoms with Gasteiger partial charge < -0.3 is 10.6 Å². The van der Waals surface area contributed by atoms with Gasteiger partial charge >= 0.3 is 0 Å². The molecule has 1 heterocycles. The van der Waals surface area contributed by atoms with Crippen molar-refractivity contribution in [1.29, 1.82) is 0 Å². The van der Waals surface area contributed by atoms with Gasteiger partial charge in [-0.1, -0.05) is 11.6 Å². The Labute approximate surface area is 98.0 Å². The molecule has 1 aromatic heterocycles. The van der Waals surface area contributed by atoms with Crippen LogP contribution in [0.2, 0.25) is 4.34 Å². The van der Waals surface area contributed by atoms with Crippen molar-refractivity contribution in [3.8, 4) is 0 Å². The number of nitrogens with zero attached hydrogens (tertiary/aromatic N) is 1. The summed E-state index contributed by atoms with van der Waals surface area (Å²) in [4.78, 5) is 15.6. The number of nitrogens with one attached hydrogen (secondary N) is 2. The molecule has 0 saturated carbocycles. The second kappa shape index (κ2) is 6.05. The van der Waals surface area contributed by atoms with Crippen LogP contribution < -0.4 is 10.6 Å². The smallest absolute Gasteiger partial charge is 0.272 e. The Morgan fingerprint density at radius 2 is 2.27 bits per heavy atom. The maximum absolute atomic E-state index is 11.6. The van der Waals surface area contributed by atoms with E-state index in [4.69, 9.17) is 11.6 Å². The van der Waals surface area contributed by atoms with E-state index in [1.54, 1.807) is 0 Å². The van der Waals surface area contributed by atoms with E-state index in [2.05, 4.69) is 15.6 Å². The number of hydrogen-bond donors (Lipinski definition) is 2. The van der Waals surface area contributed by atoms with Crippen LogP contribution >= 0.6 is 22.9 Å². The van der Waals surface area contributed by atoms with Crippen molar-refractivity contribution in [3.63, 3.8) is 0 Å². The minimum atomic E-state index is -0.194. The van der Waals surface area contributed by atoms with Crippen molar-refractivity contribution in [2.45, 2.75) is 13.3 Å². The van der Waals surface area contributed by atoms with Crippen LogP contribution in [0.25, 0.3) is 0 Å². The van der Waals surface area contributed by atoms with Gasteiger partial charge in [-0.25, -0.2) is 4.98 Å². The summed E-state index contributed by atoms with van der Waals surface area (Å²) >= 11 is 7.19. The Bertz CT molecular complexity index is 340. The van der Waals surface area contributed by atoms with Gasteiger partial charge in [0.05, 0.1) is 5.01 Å². The molecule has 0 aliphatic rings. The Balaban J connectivity index is 2.43. The molecular formula is C9H14ClN3OS. The van der Waals surface area contributed by atoms with Gasteiger partial charge in [0.1, 0.15) is 4.34 Å². The van der Waals surface area contributed by atoms with E-state index in [1.165, 1.54) is 11.3 Å². The monoisotopic (exact) mass is 247 g/mol. The topological polar surface area (TPSA) is 54.0 Å². The van der Waals surface area contributed by atoms with Gasteiger partial charge in [-0.2, -0.15) is 0 Å². The Kier molecular flexibility index (Phi) is 5.01. The number of halogens is 1. The molecule has 0 aliphatic heterocycles. The van der Waals surface area contributed by atoms with Crippen LogP contribution in [0.1, 0.15) is 21.9 Å². The third-order valence-corrected chi connectivity index (χ3v) is 2.97. The lowest BCUT2D eigenvalue weighted by atomic mass is 10.4. The molecular weight excluding hydrogens is 234 g/mol. The average Bonchev–Trinajstić information content (AvgIpc) is 2.52. The third kappa shape index (κ3) is 3.77. The molecule has 15 heavy (non-hydrogen) atoms. The second-order valence-electron chi connectivity index (χ2n) is 3.07. The number of rotatable bonds is 5. The van der Waals surface area contributed by atoms with E-state index < -0.39 is 0 Å². The zero-order valence-electron chi connectivity index (χ0n) is 8.76. The minimum absolute atomic E-state index is 0.194. The highest BCUT2D eigenvalue weighted by Crippen LogP contribution is 2.23. The van der Waals surface area contributed by atoms with Crippen LogP contribution in [0.15, 0.2) is 0 Å². The Hall–Kier alpha value is -0.650. The first-order chi connectivity index (χ1) is 7.15. The van der Waals surface area contributed by atoms with Crippen LogP contribution in [0.4, 0.5) is 0 Å². The largest absolute Gasteiger partial charge is 0.351 e. The van der Waals surface area contributed by atoms with Crippen LogP contribution in [-0.4, -0.2) is 31.0 Å². The molecule has 0 spiro atoms. The van der Waals surface area contributed by atoms with Gasteiger partial charge in [0.25, 0.3) is 5.91 Å². The molecule has 1 rings (SSSR count). The SMILES string of the molecule is CNCCCNC(=O)c1nc(C)sc1Cl. The van der Waals surface area contributed by atoms with Crippen molar-refractivity contribution < 1.29 is 4.79 Å². The second-order valence-corrected chi connectivity index (χ2v) is 4.87. The zero-order chi connectivity index (χ0) is 11.3. The molecule has 0 atom stereocenters. The Morgan fingerprint density at radius 1 is 1.53 bits per heavy atom. The van der Waals surface area contributed by atoms with E-state index >= 15 is 0 Å². The number of carbonyl (C=O) groups is 1. The van der Waals surface area contributed by atoms with Crippen molar-refractivity contribution >= 4 is 28.8 Å². The van der Waals surface area contributed by atoms with Crippen LogP contribution in [0, 0.1) is 6.92 Å². The molecule has 84 valence electrons. The van der Waals surface area contributed by atoms with Gasteiger partial charge in [-0.15, -0.1) is 11.3 Å². The fourth-order valence-corrected chi connectivity index (χ4v) is 2.19. The Morgan fingerprint density at radius 3 is 2.80 bits per heavy atom. The molecule has 4 nitrogen and oxygen atoms in total. The van der Waals surface area contributed by atoms with Crippen molar-refractivity contribution in [1.82, 2.24) is 15.6 Å². The van der Waals surface area contributed by atoms with E-state index in [0.717, 1.165) is 18.0 Å². The molecule has 1 aromatic rings. The average molecular weight is 248 g/mol. The molecule has 0 radical (unpaired) electrons. The zero-order valence-corrected chi connectivity index (χ0v) is 10.3. The van der Waals surface area contributed by atoms with Gasteiger partial charge in [0.2, 0.25) is 0 Å². The molecule has 0 bridgehead atoms. The maximum Gasteiger partial charge on any atom is 0.272 e. The first-order valence-electron chi connectivity index (χ1n) is 4.71. The molecule has 0 aromatic carbocycles. The highest BCUT2D eigenvalue weighted by molar-refractivity contribution is 7.16. The number of amides is 1. The van der Waals surface area contributed by atoms with Crippen molar-refractivity contribution in [2.75, 3.05) is 20.1 Å². The highest BCUT2D eigenvalue weighted by atomic mass is 35.5. The van der Waals surface area contributed by atoms with Gasteiger partial charge in [-0.05, 0) is 26.9 Å². The van der Waals surface area contributed by atoms with E-state index in [9.17, 15) is 4.79 Å². The first-order valence-corrected chi connectivity index (χ1v) is 5.90. The van der Waals surface area contributed by atoms with Gasteiger partial charge in [0, 0.05) is 6.54 Å². The molecule has 0 fully saturated rings. The van der Waals surface area contributed by atoms with Crippen LogP contribution in [0.5, 0.6) is 0 Å². The van der Waals surface area contributed by atoms with Gasteiger partial charge in [-0.3, -0.25) is 4.79 Å². The minimum Gasteiger partial charge on any atom is -0.351 e. The van der Waals surface area contributed by atoms with Gasteiger partial charge in [0.15, 0.2) is 5.69 Å². The maximum atomic E-state index is 11.6. The fourth-order valence-electron chi connectivity index (χ4n) is 1.09. The van der Waals surface area contributed by atoms with Crippen molar-refractivity contribution in [3.05, 3.63) is 15.0 Å². The summed E-state index contributed by atoms with van der Waals surface area (Å²) in [6.07, 6.45) is 0.892. The molecule has 1 amide bonds. The summed E-state index contributed by atoms with van der Waals surface area (Å²) in [7, 11) is 1.88. The lowest BCUT2D eigenvalue weighted by Crippen LogP contribution is -2.27. The number of hydrogen-bond acceptors (Lipinski definition) is 4. The molecule has 0 aliphatic carbocycles. The standard InChI is InChI=1S/C9H14ClN3OS/c1-6-13-7(8(10)15-6)9(14)12-5-3-4-11-2/h11H,3-5H2,1-2H3,(H,12,14). The number of aryl methyl sites for hydroxylation is 1. The summed E-state index contributed by atoms with van der Waals surface area (Å²) < 4.78 is 0.457. The number of aromatic nitrogens is 1. The molecule has 0 unspecified atom stereocenters. The van der Waals surface area contributed by atoms with Crippen molar-refractivity contribution in [2.24, 2.45) is 0 Å². The van der Waals surface area contributed by atoms with E-state index in [-0.39, 0.29) is 5.91 Å². The summed E-state index contributed by atoms with van der Waals surface area (Å²) in [6, 6.07) is 0. The summed E-state index contributed by atoms with van der Waals surface area (Å²) in [5.74, 6) is -0.194. The lowest BCUT2D eigenvalue weighted by Gasteiger charge is -2.02. The lowest BCUT2D eigenvalue weighted by molar-refractivity contribution is 0.0949. The number of carbonyl (C=O) groups excluding carboxylic acids is 1. The molecule has 2 N–H and O–H groups in total. The fraction of sp³-hybridized carbons (Fsp3) is 0.556. The molecule has 6 heteroatoms. The quantitative estimate of drug-likeness (QED) is 0.775. The summed E-state index contributed by atoms with van der Waals surface area (Å²) in [6.45, 7) is 3.34. The summed E-state index contributed by atoms with van der Waals surface area (Å²) in [5.41, 5.74) is 0.337. The molecule has 0 saturated heterocycles. The van der Waals surface area contributed by atoms with Crippen LogP contribution in [-0.2, 0) is 0 Å². The predicted molar refractivity (Wildman–Crippen MR) is 62.7 cm³/mol. The normalized spacial score (nSPS) is 10.3. The number of thiazole rings is 1. The third-order valence-electron chi connectivity index (χ3n) is 1.80. The highest BCUT2D eigenvalue weighted by Gasteiger charge is 2.14. The van der Waals surface area contributed by atoms with E-state index in [1.807, 2.05) is 14.0 Å². The first kappa shape index (κ1) is 12.4. The predicted octanol–water partition coefficient (Wildman–Crippen LogP) is 1.44. The summed E-state index contributed by atoms with van der Waals surface area (Å²) in [5, 5.41) is 6.58. The van der Waals surface area contributed by atoms with Crippen LogP contribution in [0.3, 0.4) is 0 Å².